The van der Waals surface area contributed by atoms with Gasteiger partial charge in [-0.2, -0.15) is 4.99 Å². The summed E-state index contributed by atoms with van der Waals surface area (Å²) >= 11 is 5.91. The van der Waals surface area contributed by atoms with Crippen LogP contribution in [0.2, 0.25) is 5.02 Å². The number of aromatic nitrogens is 1. The molecular weight excluding hydrogens is 344 g/mol. The quantitative estimate of drug-likeness (QED) is 0.390. The number of pyridine rings is 1. The van der Waals surface area contributed by atoms with Gasteiger partial charge in [0.2, 0.25) is 5.82 Å². The van der Waals surface area contributed by atoms with Crippen LogP contribution in [-0.4, -0.2) is 46.9 Å². The minimum absolute atomic E-state index is 0.0186. The van der Waals surface area contributed by atoms with Gasteiger partial charge < -0.3 is 15.5 Å². The standard InChI is InChI=1S/C16H17ClN6O2/c17-12-3-5-13(6-4-12)21-8-10-22(11-9-21)16(18)20-15-14(23(24)25)2-1-7-19-15/h1-7H,8-11H2,(H2,18,19,20). The fraction of sp³-hybridized carbons (Fsp3) is 0.250. The van der Waals surface area contributed by atoms with E-state index in [4.69, 9.17) is 17.3 Å². The van der Waals surface area contributed by atoms with Crippen molar-refractivity contribution in [3.63, 3.8) is 0 Å². The molecule has 0 aliphatic carbocycles. The highest BCUT2D eigenvalue weighted by Gasteiger charge is 2.20. The van der Waals surface area contributed by atoms with Gasteiger partial charge in [0.1, 0.15) is 0 Å². The summed E-state index contributed by atoms with van der Waals surface area (Å²) < 4.78 is 0. The molecule has 0 atom stereocenters. The van der Waals surface area contributed by atoms with Gasteiger partial charge >= 0.3 is 5.69 Å². The molecule has 1 aromatic heterocycles. The molecule has 130 valence electrons. The number of guanidine groups is 1. The Bertz CT molecular complexity index is 787. The Balaban J connectivity index is 1.68. The third-order valence-corrected chi connectivity index (χ3v) is 4.23. The van der Waals surface area contributed by atoms with Gasteiger partial charge in [-0.25, -0.2) is 4.98 Å². The van der Waals surface area contributed by atoms with Gasteiger partial charge in [0.15, 0.2) is 5.96 Å². The van der Waals surface area contributed by atoms with Crippen molar-refractivity contribution in [3.05, 3.63) is 57.7 Å². The van der Waals surface area contributed by atoms with Gasteiger partial charge in [0.05, 0.1) is 4.92 Å². The number of aliphatic imine (C=N–C) groups is 1. The van der Waals surface area contributed by atoms with E-state index >= 15 is 0 Å². The molecule has 1 saturated heterocycles. The van der Waals surface area contributed by atoms with E-state index in [1.54, 1.807) is 0 Å². The zero-order chi connectivity index (χ0) is 17.8. The first-order valence-electron chi connectivity index (χ1n) is 7.73. The van der Waals surface area contributed by atoms with Gasteiger partial charge in [-0.1, -0.05) is 11.6 Å². The van der Waals surface area contributed by atoms with Gasteiger partial charge in [0.25, 0.3) is 0 Å². The summed E-state index contributed by atoms with van der Waals surface area (Å²) in [6.07, 6.45) is 1.46. The third kappa shape index (κ3) is 3.97. The van der Waals surface area contributed by atoms with Crippen LogP contribution in [0.4, 0.5) is 17.2 Å². The van der Waals surface area contributed by atoms with E-state index in [0.717, 1.165) is 18.8 Å². The van der Waals surface area contributed by atoms with Crippen LogP contribution >= 0.6 is 11.6 Å². The summed E-state index contributed by atoms with van der Waals surface area (Å²) in [5.74, 6) is 0.252. The fourth-order valence-electron chi connectivity index (χ4n) is 2.64. The highest BCUT2D eigenvalue weighted by Crippen LogP contribution is 2.24. The average molecular weight is 361 g/mol. The average Bonchev–Trinajstić information content (AvgIpc) is 2.63. The summed E-state index contributed by atoms with van der Waals surface area (Å²) in [4.78, 5) is 22.7. The molecule has 0 amide bonds. The molecule has 2 heterocycles. The molecule has 0 unspecified atom stereocenters. The highest BCUT2D eigenvalue weighted by molar-refractivity contribution is 6.30. The first-order valence-corrected chi connectivity index (χ1v) is 8.11. The van der Waals surface area contributed by atoms with Crippen molar-refractivity contribution in [1.82, 2.24) is 9.88 Å². The minimum atomic E-state index is -0.516. The lowest BCUT2D eigenvalue weighted by atomic mass is 10.2. The van der Waals surface area contributed by atoms with Gasteiger partial charge in [-0.3, -0.25) is 10.1 Å². The lowest BCUT2D eigenvalue weighted by Crippen LogP contribution is -2.51. The first-order chi connectivity index (χ1) is 12.0. The summed E-state index contributed by atoms with van der Waals surface area (Å²) in [5.41, 5.74) is 6.97. The molecule has 9 heteroatoms. The van der Waals surface area contributed by atoms with Crippen molar-refractivity contribution >= 4 is 34.8 Å². The van der Waals surface area contributed by atoms with E-state index in [2.05, 4.69) is 14.9 Å². The van der Waals surface area contributed by atoms with Crippen molar-refractivity contribution in [2.24, 2.45) is 10.7 Å². The van der Waals surface area contributed by atoms with Crippen LogP contribution in [-0.2, 0) is 0 Å². The predicted molar refractivity (Wildman–Crippen MR) is 97.4 cm³/mol. The molecule has 1 aliphatic heterocycles. The van der Waals surface area contributed by atoms with Crippen molar-refractivity contribution in [2.75, 3.05) is 31.1 Å². The topological polar surface area (TPSA) is 101 Å². The van der Waals surface area contributed by atoms with Gasteiger partial charge in [-0.15, -0.1) is 0 Å². The van der Waals surface area contributed by atoms with E-state index < -0.39 is 4.92 Å². The van der Waals surface area contributed by atoms with Crippen LogP contribution in [0.15, 0.2) is 47.6 Å². The molecule has 1 aliphatic rings. The summed E-state index contributed by atoms with van der Waals surface area (Å²) in [6.45, 7) is 2.86. The number of hydrogen-bond donors (Lipinski definition) is 1. The van der Waals surface area contributed by atoms with Crippen LogP contribution in [0, 0.1) is 10.1 Å². The summed E-state index contributed by atoms with van der Waals surface area (Å²) in [7, 11) is 0. The van der Waals surface area contributed by atoms with Crippen LogP contribution in [0.3, 0.4) is 0 Å². The highest BCUT2D eigenvalue weighted by atomic mass is 35.5. The lowest BCUT2D eigenvalue weighted by Gasteiger charge is -2.36. The largest absolute Gasteiger partial charge is 0.369 e. The third-order valence-electron chi connectivity index (χ3n) is 3.98. The van der Waals surface area contributed by atoms with Crippen molar-refractivity contribution in [3.8, 4) is 0 Å². The number of nitrogens with zero attached hydrogens (tertiary/aromatic N) is 5. The number of piperazine rings is 1. The van der Waals surface area contributed by atoms with Crippen LogP contribution in [0.1, 0.15) is 0 Å². The van der Waals surface area contributed by atoms with Crippen molar-refractivity contribution in [2.45, 2.75) is 0 Å². The number of rotatable bonds is 3. The number of hydrogen-bond acceptors (Lipinski definition) is 5. The number of nitrogens with two attached hydrogens (primary N) is 1. The molecule has 0 spiro atoms. The molecule has 2 N–H and O–H groups in total. The van der Waals surface area contributed by atoms with Crippen molar-refractivity contribution in [1.29, 1.82) is 0 Å². The second kappa shape index (κ2) is 7.35. The summed E-state index contributed by atoms with van der Waals surface area (Å²) in [6, 6.07) is 10.5. The Morgan fingerprint density at radius 2 is 1.88 bits per heavy atom. The molecule has 25 heavy (non-hydrogen) atoms. The molecule has 0 saturated carbocycles. The normalized spacial score (nSPS) is 15.3. The maximum absolute atomic E-state index is 11.0. The fourth-order valence-corrected chi connectivity index (χ4v) is 2.77. The lowest BCUT2D eigenvalue weighted by molar-refractivity contribution is -0.384. The van der Waals surface area contributed by atoms with Crippen LogP contribution < -0.4 is 10.6 Å². The second-order valence-corrected chi connectivity index (χ2v) is 5.96. The van der Waals surface area contributed by atoms with Crippen LogP contribution in [0.25, 0.3) is 0 Å². The minimum Gasteiger partial charge on any atom is -0.369 e. The van der Waals surface area contributed by atoms with E-state index in [0.29, 0.717) is 18.1 Å². The number of anilines is 1. The molecular formula is C16H17ClN6O2. The molecule has 1 fully saturated rings. The zero-order valence-electron chi connectivity index (χ0n) is 13.4. The molecule has 0 bridgehead atoms. The molecule has 2 aromatic rings. The van der Waals surface area contributed by atoms with Crippen LogP contribution in [0.5, 0.6) is 0 Å². The number of nitro groups is 1. The summed E-state index contributed by atoms with van der Waals surface area (Å²) in [5, 5.41) is 11.7. The van der Waals surface area contributed by atoms with E-state index in [-0.39, 0.29) is 17.5 Å². The molecule has 3 rings (SSSR count). The smallest absolute Gasteiger partial charge is 0.313 e. The van der Waals surface area contributed by atoms with E-state index in [1.165, 1.54) is 18.3 Å². The first kappa shape index (κ1) is 17.0. The Morgan fingerprint density at radius 3 is 2.52 bits per heavy atom. The van der Waals surface area contributed by atoms with Gasteiger partial charge in [-0.05, 0) is 30.3 Å². The molecule has 8 nitrogen and oxygen atoms in total. The zero-order valence-corrected chi connectivity index (χ0v) is 14.1. The molecule has 0 radical (unpaired) electrons. The SMILES string of the molecule is N/C(=N\c1ncccc1[N+](=O)[O-])N1CCN(c2ccc(Cl)cc2)CC1. The van der Waals surface area contributed by atoms with E-state index in [9.17, 15) is 10.1 Å². The number of benzene rings is 1. The Kier molecular flexibility index (Phi) is 4.99. The second-order valence-electron chi connectivity index (χ2n) is 5.52. The Morgan fingerprint density at radius 1 is 1.20 bits per heavy atom. The Labute approximate surface area is 149 Å². The molecule has 1 aromatic carbocycles. The maximum atomic E-state index is 11.0. The maximum Gasteiger partial charge on any atom is 0.313 e. The van der Waals surface area contributed by atoms with Crippen molar-refractivity contribution < 1.29 is 4.92 Å². The van der Waals surface area contributed by atoms with Gasteiger partial charge in [0, 0.05) is 49.2 Å². The van der Waals surface area contributed by atoms with E-state index in [1.807, 2.05) is 29.2 Å². The number of halogens is 1. The predicted octanol–water partition coefficient (Wildman–Crippen LogP) is 2.41. The monoisotopic (exact) mass is 360 g/mol. The Hall–Kier alpha value is -2.87.